The number of fused-ring (bicyclic) bond motifs is 1. The minimum atomic E-state index is -0.499. The molecule has 134 valence electrons. The summed E-state index contributed by atoms with van der Waals surface area (Å²) in [6.45, 7) is 5.94. The first-order chi connectivity index (χ1) is 12.5. The normalized spacial score (nSPS) is 11.1. The van der Waals surface area contributed by atoms with Crippen molar-refractivity contribution in [1.82, 2.24) is 14.8 Å². The maximum atomic E-state index is 12.5. The number of esters is 1. The predicted octanol–water partition coefficient (Wildman–Crippen LogP) is 4.19. The van der Waals surface area contributed by atoms with Gasteiger partial charge in [-0.15, -0.1) is 0 Å². The van der Waals surface area contributed by atoms with Crippen molar-refractivity contribution >= 4 is 34.9 Å². The Labute approximate surface area is 155 Å². The van der Waals surface area contributed by atoms with Crippen LogP contribution in [-0.4, -0.2) is 33.6 Å². The van der Waals surface area contributed by atoms with Gasteiger partial charge in [0, 0.05) is 5.02 Å². The lowest BCUT2D eigenvalue weighted by atomic mass is 10.0. The number of hydrogen-bond acceptors (Lipinski definition) is 5. The molecule has 0 aliphatic carbocycles. The minimum Gasteiger partial charge on any atom is -0.462 e. The molecule has 0 atom stereocenters. The van der Waals surface area contributed by atoms with Crippen LogP contribution < -0.4 is 0 Å². The Morgan fingerprint density at radius 2 is 2.00 bits per heavy atom. The molecule has 0 bridgehead atoms. The van der Waals surface area contributed by atoms with Crippen LogP contribution in [0.25, 0.3) is 16.7 Å². The first kappa shape index (κ1) is 18.1. The molecule has 3 aromatic rings. The number of pyridine rings is 1. The highest BCUT2D eigenvalue weighted by atomic mass is 35.5. The molecule has 0 aliphatic heterocycles. The fraction of sp³-hybridized carbons (Fsp3) is 0.263. The van der Waals surface area contributed by atoms with Gasteiger partial charge in [0.05, 0.1) is 28.9 Å². The molecule has 0 radical (unpaired) electrons. The van der Waals surface area contributed by atoms with Gasteiger partial charge in [0.2, 0.25) is 0 Å². The van der Waals surface area contributed by atoms with Crippen LogP contribution in [0.5, 0.6) is 0 Å². The van der Waals surface area contributed by atoms with Gasteiger partial charge in [-0.25, -0.2) is 14.5 Å². The molecule has 0 amide bonds. The Bertz CT molecular complexity index is 978. The summed E-state index contributed by atoms with van der Waals surface area (Å²) >= 11 is 5.97. The van der Waals surface area contributed by atoms with Crippen molar-refractivity contribution in [3.05, 3.63) is 52.3 Å². The monoisotopic (exact) mass is 371 g/mol. The van der Waals surface area contributed by atoms with Gasteiger partial charge in [0.25, 0.3) is 0 Å². The smallest absolute Gasteiger partial charge is 0.339 e. The summed E-state index contributed by atoms with van der Waals surface area (Å²) in [6.07, 6.45) is 0.608. The predicted molar refractivity (Wildman–Crippen MR) is 99.3 cm³/mol. The van der Waals surface area contributed by atoms with Crippen LogP contribution in [0.3, 0.4) is 0 Å². The molecular formula is C19H18ClN3O3. The zero-order valence-corrected chi connectivity index (χ0v) is 15.4. The van der Waals surface area contributed by atoms with Crippen molar-refractivity contribution in [2.75, 3.05) is 6.61 Å². The number of carbonyl (C=O) groups is 2. The third-order valence-corrected chi connectivity index (χ3v) is 4.17. The number of rotatable bonds is 5. The van der Waals surface area contributed by atoms with Crippen LogP contribution in [0, 0.1) is 0 Å². The van der Waals surface area contributed by atoms with Gasteiger partial charge in [-0.2, -0.15) is 5.10 Å². The van der Waals surface area contributed by atoms with E-state index < -0.39 is 5.97 Å². The van der Waals surface area contributed by atoms with Crippen molar-refractivity contribution in [3.63, 3.8) is 0 Å². The SMILES string of the molecule is CCOC(=O)c1cc(C=O)nc2c1c(C(C)C)nn2-c1ccc(Cl)cc1. The molecule has 7 heteroatoms. The summed E-state index contributed by atoms with van der Waals surface area (Å²) in [6, 6.07) is 8.55. The fourth-order valence-electron chi connectivity index (χ4n) is 2.76. The molecule has 0 spiro atoms. The molecule has 0 saturated heterocycles. The lowest BCUT2D eigenvalue weighted by Crippen LogP contribution is -2.08. The topological polar surface area (TPSA) is 74.1 Å². The Morgan fingerprint density at radius 1 is 1.31 bits per heavy atom. The Kier molecular flexibility index (Phi) is 5.04. The molecule has 6 nitrogen and oxygen atoms in total. The van der Waals surface area contributed by atoms with Gasteiger partial charge in [0.15, 0.2) is 11.9 Å². The Hall–Kier alpha value is -2.73. The van der Waals surface area contributed by atoms with E-state index in [4.69, 9.17) is 16.3 Å². The lowest BCUT2D eigenvalue weighted by Gasteiger charge is -2.07. The molecule has 3 rings (SSSR count). The third-order valence-electron chi connectivity index (χ3n) is 3.92. The summed E-state index contributed by atoms with van der Waals surface area (Å²) in [4.78, 5) is 28.2. The zero-order valence-electron chi connectivity index (χ0n) is 14.7. The molecule has 0 N–H and O–H groups in total. The number of benzene rings is 1. The lowest BCUT2D eigenvalue weighted by molar-refractivity contribution is 0.0528. The van der Waals surface area contributed by atoms with Gasteiger partial charge < -0.3 is 4.74 Å². The summed E-state index contributed by atoms with van der Waals surface area (Å²) < 4.78 is 6.79. The van der Waals surface area contributed by atoms with Crippen LogP contribution >= 0.6 is 11.6 Å². The van der Waals surface area contributed by atoms with Gasteiger partial charge in [-0.3, -0.25) is 4.79 Å². The second-order valence-corrected chi connectivity index (χ2v) is 6.50. The zero-order chi connectivity index (χ0) is 18.8. The van der Waals surface area contributed by atoms with E-state index in [1.54, 1.807) is 35.9 Å². The quantitative estimate of drug-likeness (QED) is 0.496. The van der Waals surface area contributed by atoms with E-state index in [0.29, 0.717) is 33.6 Å². The first-order valence-corrected chi connectivity index (χ1v) is 8.66. The maximum Gasteiger partial charge on any atom is 0.339 e. The van der Waals surface area contributed by atoms with E-state index in [9.17, 15) is 9.59 Å². The van der Waals surface area contributed by atoms with Gasteiger partial charge in [0.1, 0.15) is 5.69 Å². The highest BCUT2D eigenvalue weighted by Crippen LogP contribution is 2.30. The highest BCUT2D eigenvalue weighted by Gasteiger charge is 2.24. The van der Waals surface area contributed by atoms with Crippen LogP contribution in [0.2, 0.25) is 5.02 Å². The Balaban J connectivity index is 2.37. The summed E-state index contributed by atoms with van der Waals surface area (Å²) in [5.41, 5.74) is 2.32. The van der Waals surface area contributed by atoms with Gasteiger partial charge >= 0.3 is 5.97 Å². The largest absolute Gasteiger partial charge is 0.462 e. The number of ether oxygens (including phenoxy) is 1. The second kappa shape index (κ2) is 7.25. The average molecular weight is 372 g/mol. The van der Waals surface area contributed by atoms with Crippen molar-refractivity contribution < 1.29 is 14.3 Å². The van der Waals surface area contributed by atoms with E-state index in [2.05, 4.69) is 10.1 Å². The number of carbonyl (C=O) groups excluding carboxylic acids is 2. The number of hydrogen-bond donors (Lipinski definition) is 0. The molecule has 0 fully saturated rings. The minimum absolute atomic E-state index is 0.0445. The molecular weight excluding hydrogens is 354 g/mol. The molecule has 0 aliphatic rings. The number of nitrogens with zero attached hydrogens (tertiary/aromatic N) is 3. The summed E-state index contributed by atoms with van der Waals surface area (Å²) in [5.74, 6) is -0.455. The van der Waals surface area contributed by atoms with E-state index in [1.807, 2.05) is 13.8 Å². The highest BCUT2D eigenvalue weighted by molar-refractivity contribution is 6.30. The van der Waals surface area contributed by atoms with Gasteiger partial charge in [-0.05, 0) is 43.2 Å². The number of aldehydes is 1. The number of halogens is 1. The van der Waals surface area contributed by atoms with Crippen molar-refractivity contribution in [2.24, 2.45) is 0 Å². The summed E-state index contributed by atoms with van der Waals surface area (Å²) in [7, 11) is 0. The van der Waals surface area contributed by atoms with Crippen LogP contribution in [0.1, 0.15) is 53.2 Å². The van der Waals surface area contributed by atoms with E-state index in [-0.39, 0.29) is 18.2 Å². The van der Waals surface area contributed by atoms with Crippen molar-refractivity contribution in [2.45, 2.75) is 26.7 Å². The molecule has 0 saturated carbocycles. The van der Waals surface area contributed by atoms with Crippen LogP contribution in [0.4, 0.5) is 0 Å². The molecule has 2 heterocycles. The fourth-order valence-corrected chi connectivity index (χ4v) is 2.88. The van der Waals surface area contributed by atoms with Gasteiger partial charge in [-0.1, -0.05) is 25.4 Å². The van der Waals surface area contributed by atoms with E-state index >= 15 is 0 Å². The standard InChI is InChI=1S/C19H18ClN3O3/c1-4-26-19(25)15-9-13(10-24)21-18-16(15)17(11(2)3)22-23(18)14-7-5-12(20)6-8-14/h5-11H,4H2,1-3H3. The molecule has 1 aromatic carbocycles. The van der Waals surface area contributed by atoms with E-state index in [0.717, 1.165) is 5.69 Å². The average Bonchev–Trinajstić information content (AvgIpc) is 3.01. The molecule has 26 heavy (non-hydrogen) atoms. The Morgan fingerprint density at radius 3 is 2.58 bits per heavy atom. The summed E-state index contributed by atoms with van der Waals surface area (Å²) in [5, 5.41) is 5.85. The molecule has 0 unspecified atom stereocenters. The van der Waals surface area contributed by atoms with Crippen molar-refractivity contribution in [1.29, 1.82) is 0 Å². The second-order valence-electron chi connectivity index (χ2n) is 6.06. The van der Waals surface area contributed by atoms with Crippen molar-refractivity contribution in [3.8, 4) is 5.69 Å². The maximum absolute atomic E-state index is 12.5. The molecule has 2 aromatic heterocycles. The van der Waals surface area contributed by atoms with E-state index in [1.165, 1.54) is 6.07 Å². The third kappa shape index (κ3) is 3.20. The van der Waals surface area contributed by atoms with Crippen LogP contribution in [0.15, 0.2) is 30.3 Å². The van der Waals surface area contributed by atoms with Crippen LogP contribution in [-0.2, 0) is 4.74 Å². The number of aromatic nitrogens is 3. The first-order valence-electron chi connectivity index (χ1n) is 8.28.